The number of benzene rings is 1. The summed E-state index contributed by atoms with van der Waals surface area (Å²) in [6.45, 7) is 5.44. The van der Waals surface area contributed by atoms with Crippen LogP contribution in [0, 0.1) is 11.8 Å². The number of hydrazine groups is 1. The highest BCUT2D eigenvalue weighted by Gasteiger charge is 2.53. The summed E-state index contributed by atoms with van der Waals surface area (Å²) in [6.07, 6.45) is 4.28. The van der Waals surface area contributed by atoms with Crippen LogP contribution in [0.15, 0.2) is 24.3 Å². The van der Waals surface area contributed by atoms with Gasteiger partial charge in [0.15, 0.2) is 11.9 Å². The van der Waals surface area contributed by atoms with Crippen molar-refractivity contribution >= 4 is 35.3 Å². The number of carbonyl (C=O) groups is 4. The van der Waals surface area contributed by atoms with Crippen LogP contribution in [-0.2, 0) is 25.5 Å². The Balaban J connectivity index is 1.27. The van der Waals surface area contributed by atoms with E-state index in [0.29, 0.717) is 11.4 Å². The monoisotopic (exact) mass is 590 g/mol. The summed E-state index contributed by atoms with van der Waals surface area (Å²) >= 11 is 6.14. The van der Waals surface area contributed by atoms with Crippen molar-refractivity contribution in [2.75, 3.05) is 6.54 Å². The summed E-state index contributed by atoms with van der Waals surface area (Å²) in [6, 6.07) is 7.38. The van der Waals surface area contributed by atoms with Crippen molar-refractivity contribution in [3.8, 4) is 0 Å². The quantitative estimate of drug-likeness (QED) is 0.259. The molecule has 5 atom stereocenters. The predicted octanol–water partition coefficient (Wildman–Crippen LogP) is 3.29. The molecule has 226 valence electrons. The highest BCUT2D eigenvalue weighted by molar-refractivity contribution is 6.30. The Bertz CT molecular complexity index is 1130. The molecule has 2 saturated carbocycles. The molecule has 1 aromatic carbocycles. The molecule has 2 unspecified atom stereocenters. The second kappa shape index (κ2) is 13.5. The molecule has 4 rings (SSSR count). The van der Waals surface area contributed by atoms with E-state index in [-0.39, 0.29) is 43.3 Å². The van der Waals surface area contributed by atoms with E-state index >= 15 is 0 Å². The third-order valence-electron chi connectivity index (χ3n) is 8.18. The van der Waals surface area contributed by atoms with Crippen molar-refractivity contribution in [2.45, 2.75) is 108 Å². The fraction of sp³-hybridized carbons (Fsp3) is 0.667. The van der Waals surface area contributed by atoms with Gasteiger partial charge in [0.2, 0.25) is 5.60 Å². The number of halogens is 1. The summed E-state index contributed by atoms with van der Waals surface area (Å²) in [7, 11) is 0. The summed E-state index contributed by atoms with van der Waals surface area (Å²) in [5.41, 5.74) is 1.99. The van der Waals surface area contributed by atoms with Crippen molar-refractivity contribution in [3.05, 3.63) is 34.9 Å². The van der Waals surface area contributed by atoms with Crippen LogP contribution in [0.2, 0.25) is 5.02 Å². The molecule has 0 aromatic heterocycles. The van der Waals surface area contributed by atoms with E-state index in [1.807, 2.05) is 38.1 Å². The molecule has 0 bridgehead atoms. The van der Waals surface area contributed by atoms with E-state index in [1.54, 1.807) is 6.92 Å². The van der Waals surface area contributed by atoms with Gasteiger partial charge in [-0.25, -0.2) is 10.2 Å². The molecule has 1 heterocycles. The number of alkyl carbamates (subject to hydrolysis) is 1. The fourth-order valence-electron chi connectivity index (χ4n) is 5.69. The smallest absolute Gasteiger partial charge is 0.408 e. The minimum absolute atomic E-state index is 0.0561. The van der Waals surface area contributed by atoms with E-state index in [4.69, 9.17) is 16.3 Å². The lowest BCUT2D eigenvalue weighted by Crippen LogP contribution is -2.49. The van der Waals surface area contributed by atoms with Gasteiger partial charge in [0.1, 0.15) is 0 Å². The Morgan fingerprint density at radius 1 is 1.17 bits per heavy atom. The molecule has 3 amide bonds. The van der Waals surface area contributed by atoms with Crippen LogP contribution in [-0.4, -0.2) is 70.2 Å². The molecule has 4 N–H and O–H groups in total. The molecule has 2 aliphatic carbocycles. The maximum atomic E-state index is 13.1. The Hall–Kier alpha value is -2.69. The average molecular weight is 591 g/mol. The third-order valence-corrected chi connectivity index (χ3v) is 8.42. The zero-order valence-electron chi connectivity index (χ0n) is 24.2. The van der Waals surface area contributed by atoms with Crippen molar-refractivity contribution in [1.29, 1.82) is 0 Å². The van der Waals surface area contributed by atoms with Gasteiger partial charge in [-0.1, -0.05) is 44.0 Å². The van der Waals surface area contributed by atoms with Gasteiger partial charge in [-0.15, -0.1) is 0 Å². The maximum Gasteiger partial charge on any atom is 0.408 e. The fourth-order valence-corrected chi connectivity index (χ4v) is 5.91. The van der Waals surface area contributed by atoms with E-state index in [9.17, 15) is 24.3 Å². The Morgan fingerprint density at radius 2 is 1.93 bits per heavy atom. The zero-order valence-corrected chi connectivity index (χ0v) is 24.9. The van der Waals surface area contributed by atoms with E-state index in [2.05, 4.69) is 16.1 Å². The molecule has 1 saturated heterocycles. The van der Waals surface area contributed by atoms with Gasteiger partial charge in [-0.05, 0) is 87.8 Å². The number of rotatable bonds is 13. The summed E-state index contributed by atoms with van der Waals surface area (Å²) in [4.78, 5) is 51.2. The van der Waals surface area contributed by atoms with Crippen molar-refractivity contribution in [3.63, 3.8) is 0 Å². The van der Waals surface area contributed by atoms with Crippen molar-refractivity contribution < 1.29 is 29.0 Å². The minimum atomic E-state index is -2.10. The lowest BCUT2D eigenvalue weighted by Gasteiger charge is -2.26. The van der Waals surface area contributed by atoms with Crippen LogP contribution in [0.5, 0.6) is 0 Å². The zero-order chi connectivity index (χ0) is 29.7. The first-order chi connectivity index (χ1) is 19.4. The molecular weight excluding hydrogens is 548 g/mol. The number of ketones is 1. The summed E-state index contributed by atoms with van der Waals surface area (Å²) in [5, 5.41) is 18.6. The van der Waals surface area contributed by atoms with Gasteiger partial charge in [0.25, 0.3) is 11.8 Å². The van der Waals surface area contributed by atoms with E-state index < -0.39 is 41.4 Å². The third kappa shape index (κ3) is 8.42. The maximum absolute atomic E-state index is 13.1. The molecule has 3 fully saturated rings. The number of Topliss-reactive ketones (excluding diaryl/α,β-unsaturated/α-hetero) is 1. The van der Waals surface area contributed by atoms with Crippen molar-refractivity contribution in [1.82, 2.24) is 21.1 Å². The second-order valence-corrected chi connectivity index (χ2v) is 12.8. The van der Waals surface area contributed by atoms with Crippen LogP contribution >= 0.6 is 11.6 Å². The van der Waals surface area contributed by atoms with Crippen LogP contribution < -0.4 is 16.1 Å². The highest BCUT2D eigenvalue weighted by Crippen LogP contribution is 2.30. The van der Waals surface area contributed by atoms with Gasteiger partial charge in [0.05, 0.1) is 6.54 Å². The second-order valence-electron chi connectivity index (χ2n) is 12.3. The Labute approximate surface area is 246 Å². The van der Waals surface area contributed by atoms with Gasteiger partial charge in [0, 0.05) is 23.1 Å². The van der Waals surface area contributed by atoms with Crippen LogP contribution in [0.1, 0.15) is 77.7 Å². The molecule has 10 nitrogen and oxygen atoms in total. The number of carbonyl (C=O) groups excluding carboxylic acids is 4. The number of amides is 3. The van der Waals surface area contributed by atoms with Gasteiger partial charge in [-0.3, -0.25) is 19.4 Å². The lowest BCUT2D eigenvalue weighted by molar-refractivity contribution is -0.151. The lowest BCUT2D eigenvalue weighted by atomic mass is 9.93. The molecule has 41 heavy (non-hydrogen) atoms. The largest absolute Gasteiger partial charge is 0.436 e. The Morgan fingerprint density at radius 3 is 2.61 bits per heavy atom. The van der Waals surface area contributed by atoms with Crippen LogP contribution in [0.25, 0.3) is 0 Å². The topological polar surface area (TPSA) is 137 Å². The van der Waals surface area contributed by atoms with E-state index in [1.165, 1.54) is 5.01 Å². The summed E-state index contributed by atoms with van der Waals surface area (Å²) < 4.78 is 5.64. The van der Waals surface area contributed by atoms with E-state index in [0.717, 1.165) is 44.1 Å². The van der Waals surface area contributed by atoms with Gasteiger partial charge < -0.3 is 20.5 Å². The number of nitrogens with one attached hydrogen (secondary N) is 3. The van der Waals surface area contributed by atoms with Crippen LogP contribution in [0.4, 0.5) is 4.79 Å². The van der Waals surface area contributed by atoms with Crippen LogP contribution in [0.3, 0.4) is 0 Å². The average Bonchev–Trinajstić information content (AvgIpc) is 3.58. The molecule has 11 heteroatoms. The first kappa shape index (κ1) is 31.3. The molecule has 3 aliphatic rings. The number of aliphatic hydroxyl groups is 1. The number of nitrogens with zero attached hydrogens (tertiary/aromatic N) is 1. The first-order valence-corrected chi connectivity index (χ1v) is 15.2. The highest BCUT2D eigenvalue weighted by atomic mass is 35.5. The van der Waals surface area contributed by atoms with Gasteiger partial charge >= 0.3 is 6.09 Å². The Kier molecular flexibility index (Phi) is 10.3. The van der Waals surface area contributed by atoms with Gasteiger partial charge in [-0.2, -0.15) is 0 Å². The minimum Gasteiger partial charge on any atom is -0.436 e. The normalized spacial score (nSPS) is 25.9. The number of hydrogen-bond acceptors (Lipinski definition) is 7. The predicted molar refractivity (Wildman–Crippen MR) is 154 cm³/mol. The molecule has 1 aromatic rings. The molecule has 0 radical (unpaired) electrons. The van der Waals surface area contributed by atoms with Crippen molar-refractivity contribution in [2.24, 2.45) is 11.8 Å². The molecule has 1 aliphatic heterocycles. The number of ether oxygens (including phenoxy) is 1. The molecular formula is C30H43ClN4O6. The number of hydrogen-bond donors (Lipinski definition) is 4. The SMILES string of the molecule is CC(C)C[C@H](OC(=O)NC1CCCC1Cc1cccc(Cl)c1)C(=O)N[C@@H](C)CC[C@]1(O)C(=O)CN(NC2CC2)C1=O. The summed E-state index contributed by atoms with van der Waals surface area (Å²) in [5.74, 6) is -1.30. The molecule has 0 spiro atoms. The standard InChI is InChI=1S/C30H43ClN4O6/c1-18(2)14-25(41-29(39)33-24-9-5-7-21(24)15-20-6-4-8-22(31)16-20)27(37)32-19(3)12-13-30(40)26(36)17-35(28(30)38)34-23-10-11-23/h4,6,8,16,18-19,21,23-25,34,40H,5,7,9-15,17H2,1-3H3,(H,32,37)(H,33,39)/t19-,21?,24?,25-,30-/m0/s1. The first-order valence-electron chi connectivity index (χ1n) is 14.8.